The fourth-order valence-corrected chi connectivity index (χ4v) is 4.54. The lowest BCUT2D eigenvalue weighted by molar-refractivity contribution is -0.114. The van der Waals surface area contributed by atoms with Gasteiger partial charge in [-0.1, -0.05) is 39.0 Å². The first-order chi connectivity index (χ1) is 14.6. The minimum Gasteiger partial charge on any atom is -0.381 e. The molecule has 0 spiro atoms. The third kappa shape index (κ3) is 5.35. The normalized spacial score (nSPS) is 24.9. The highest BCUT2D eigenvalue weighted by Crippen LogP contribution is 2.28. The van der Waals surface area contributed by atoms with Crippen molar-refractivity contribution in [3.8, 4) is 0 Å². The maximum atomic E-state index is 12.2. The van der Waals surface area contributed by atoms with Crippen LogP contribution >= 0.6 is 0 Å². The summed E-state index contributed by atoms with van der Waals surface area (Å²) in [5.41, 5.74) is 8.73. The van der Waals surface area contributed by atoms with Crippen LogP contribution in [0.15, 0.2) is 46.8 Å². The van der Waals surface area contributed by atoms with E-state index in [1.807, 2.05) is 19.9 Å². The van der Waals surface area contributed by atoms with E-state index in [9.17, 15) is 4.79 Å². The van der Waals surface area contributed by atoms with Crippen LogP contribution in [0.4, 0.5) is 0 Å². The summed E-state index contributed by atoms with van der Waals surface area (Å²) in [6, 6.07) is 1.23. The van der Waals surface area contributed by atoms with E-state index in [1.54, 1.807) is 0 Å². The quantitative estimate of drug-likeness (QED) is 0.645. The van der Waals surface area contributed by atoms with E-state index in [2.05, 4.69) is 40.7 Å². The van der Waals surface area contributed by atoms with Crippen molar-refractivity contribution in [1.29, 1.82) is 0 Å². The Morgan fingerprint density at radius 1 is 1.17 bits per heavy atom. The van der Waals surface area contributed by atoms with Crippen molar-refractivity contribution in [2.75, 3.05) is 26.3 Å². The number of carbonyl (C=O) groups excluding carboxylic acids is 1. The van der Waals surface area contributed by atoms with Crippen molar-refractivity contribution in [1.82, 2.24) is 15.5 Å². The highest BCUT2D eigenvalue weighted by atomic mass is 16.5. The van der Waals surface area contributed by atoms with Crippen LogP contribution in [-0.2, 0) is 9.53 Å². The third-order valence-electron chi connectivity index (χ3n) is 6.25. The molecule has 0 aromatic rings. The monoisotopic (exact) mass is 414 g/mol. The summed E-state index contributed by atoms with van der Waals surface area (Å²) in [7, 11) is 0. The number of fused-ring (bicyclic) bond motifs is 1. The number of nitrogens with one attached hydrogen (secondary N) is 2. The Bertz CT molecular complexity index is 723. The van der Waals surface area contributed by atoms with Gasteiger partial charge in [0.1, 0.15) is 5.82 Å². The van der Waals surface area contributed by atoms with E-state index in [-0.39, 0.29) is 11.9 Å². The van der Waals surface area contributed by atoms with E-state index in [0.29, 0.717) is 17.7 Å². The van der Waals surface area contributed by atoms with Crippen molar-refractivity contribution in [2.24, 2.45) is 5.73 Å². The molecule has 1 unspecified atom stereocenters. The standard InChI is InChI=1S/C22H32N4O2.C2H6/c1-2-15-3-4-20-16(13-15)14-19(21(23)27)22(25-20)26-9-5-17(6-10-26)24-18-7-11-28-12-8-18;1-2/h3-4,13-14,17-18,20,24-25H,2,5-12H2,1H3,(H2,23,27);1-2H3. The summed E-state index contributed by atoms with van der Waals surface area (Å²) >= 11 is 0. The molecule has 0 bridgehead atoms. The molecule has 6 heteroatoms. The van der Waals surface area contributed by atoms with E-state index in [1.165, 1.54) is 5.57 Å². The van der Waals surface area contributed by atoms with Crippen LogP contribution in [0.2, 0.25) is 0 Å². The Labute approximate surface area is 181 Å². The van der Waals surface area contributed by atoms with Gasteiger partial charge in [0, 0.05) is 38.4 Å². The summed E-state index contributed by atoms with van der Waals surface area (Å²) in [6.07, 6.45) is 13.8. The number of allylic oxidation sites excluding steroid dienone is 2. The maximum Gasteiger partial charge on any atom is 0.252 e. The van der Waals surface area contributed by atoms with Gasteiger partial charge in [0.05, 0.1) is 11.6 Å². The molecular weight excluding hydrogens is 376 g/mol. The van der Waals surface area contributed by atoms with Crippen molar-refractivity contribution >= 4 is 5.91 Å². The second kappa shape index (κ2) is 10.8. The molecule has 3 heterocycles. The SMILES string of the molecule is CC.CCC1=CC2=CC(C(N)=O)=C(N3CCC(NC4CCOCC4)CC3)NC2C=C1. The number of ether oxygens (including phenoxy) is 1. The molecule has 2 saturated heterocycles. The zero-order valence-corrected chi connectivity index (χ0v) is 18.7. The van der Waals surface area contributed by atoms with Gasteiger partial charge in [0.2, 0.25) is 0 Å². The first kappa shape index (κ1) is 22.6. The molecule has 166 valence electrons. The lowest BCUT2D eigenvalue weighted by atomic mass is 9.91. The molecule has 0 radical (unpaired) electrons. The lowest BCUT2D eigenvalue weighted by Crippen LogP contribution is -2.50. The minimum absolute atomic E-state index is 0.117. The molecule has 4 N–H and O–H groups in total. The molecule has 1 atom stereocenters. The Balaban J connectivity index is 0.00000124. The fourth-order valence-electron chi connectivity index (χ4n) is 4.54. The predicted molar refractivity (Wildman–Crippen MR) is 122 cm³/mol. The summed E-state index contributed by atoms with van der Waals surface area (Å²) in [5.74, 6) is 0.528. The van der Waals surface area contributed by atoms with Gasteiger partial charge in [0.15, 0.2) is 0 Å². The summed E-state index contributed by atoms with van der Waals surface area (Å²) in [5, 5.41) is 7.37. The number of nitrogens with two attached hydrogens (primary N) is 1. The Morgan fingerprint density at radius 2 is 1.83 bits per heavy atom. The predicted octanol–water partition coefficient (Wildman–Crippen LogP) is 2.75. The number of carbonyl (C=O) groups is 1. The van der Waals surface area contributed by atoms with Crippen LogP contribution in [0.25, 0.3) is 0 Å². The zero-order valence-electron chi connectivity index (χ0n) is 18.7. The Hall–Kier alpha value is -2.05. The molecular formula is C24H38N4O2. The number of nitrogens with zero attached hydrogens (tertiary/aromatic N) is 1. The number of likely N-dealkylation sites (tertiary alicyclic amines) is 1. The van der Waals surface area contributed by atoms with Crippen LogP contribution < -0.4 is 16.4 Å². The van der Waals surface area contributed by atoms with Crippen LogP contribution in [0.1, 0.15) is 52.9 Å². The van der Waals surface area contributed by atoms with E-state index < -0.39 is 0 Å². The Morgan fingerprint density at radius 3 is 2.47 bits per heavy atom. The average Bonchev–Trinajstić information content (AvgIpc) is 2.80. The molecule has 3 aliphatic heterocycles. The third-order valence-corrected chi connectivity index (χ3v) is 6.25. The molecule has 6 nitrogen and oxygen atoms in total. The molecule has 1 aliphatic carbocycles. The highest BCUT2D eigenvalue weighted by Gasteiger charge is 2.30. The molecule has 0 aromatic heterocycles. The van der Waals surface area contributed by atoms with Crippen LogP contribution in [0, 0.1) is 0 Å². The number of hydrogen-bond acceptors (Lipinski definition) is 5. The van der Waals surface area contributed by atoms with E-state index in [0.717, 1.165) is 69.8 Å². The van der Waals surface area contributed by atoms with Gasteiger partial charge in [-0.05, 0) is 49.3 Å². The fraction of sp³-hybridized carbons (Fsp3) is 0.625. The topological polar surface area (TPSA) is 79.6 Å². The molecule has 4 aliphatic rings. The van der Waals surface area contributed by atoms with Crippen molar-refractivity contribution in [3.05, 3.63) is 46.8 Å². The van der Waals surface area contributed by atoms with Gasteiger partial charge in [-0.3, -0.25) is 4.79 Å². The first-order valence-electron chi connectivity index (χ1n) is 11.6. The van der Waals surface area contributed by atoms with Gasteiger partial charge >= 0.3 is 0 Å². The first-order valence-corrected chi connectivity index (χ1v) is 11.6. The number of primary amides is 1. The molecule has 0 aromatic carbocycles. The molecule has 1 amide bonds. The van der Waals surface area contributed by atoms with Crippen molar-refractivity contribution < 1.29 is 9.53 Å². The second-order valence-corrected chi connectivity index (χ2v) is 8.14. The number of rotatable bonds is 5. The molecule has 30 heavy (non-hydrogen) atoms. The van der Waals surface area contributed by atoms with Gasteiger partial charge in [0.25, 0.3) is 5.91 Å². The van der Waals surface area contributed by atoms with Crippen LogP contribution in [0.3, 0.4) is 0 Å². The van der Waals surface area contributed by atoms with Crippen molar-refractivity contribution in [2.45, 2.75) is 71.0 Å². The smallest absolute Gasteiger partial charge is 0.252 e. The van der Waals surface area contributed by atoms with Gasteiger partial charge < -0.3 is 26.0 Å². The maximum absolute atomic E-state index is 12.2. The number of hydrogen-bond donors (Lipinski definition) is 3. The number of piperidine rings is 1. The largest absolute Gasteiger partial charge is 0.381 e. The lowest BCUT2D eigenvalue weighted by Gasteiger charge is -2.40. The summed E-state index contributed by atoms with van der Waals surface area (Å²) in [4.78, 5) is 14.4. The minimum atomic E-state index is -0.364. The van der Waals surface area contributed by atoms with Gasteiger partial charge in [-0.2, -0.15) is 0 Å². The average molecular weight is 415 g/mol. The van der Waals surface area contributed by atoms with Crippen LogP contribution in [-0.4, -0.2) is 55.2 Å². The Kier molecular flexibility index (Phi) is 8.16. The van der Waals surface area contributed by atoms with Crippen LogP contribution in [0.5, 0.6) is 0 Å². The van der Waals surface area contributed by atoms with Crippen molar-refractivity contribution in [3.63, 3.8) is 0 Å². The molecule has 2 fully saturated rings. The van der Waals surface area contributed by atoms with Gasteiger partial charge in [-0.25, -0.2) is 0 Å². The number of amides is 1. The molecule has 0 saturated carbocycles. The summed E-state index contributed by atoms with van der Waals surface area (Å²) < 4.78 is 5.46. The molecule has 4 rings (SSSR count). The second-order valence-electron chi connectivity index (χ2n) is 8.14. The zero-order chi connectivity index (χ0) is 21.5. The van der Waals surface area contributed by atoms with Gasteiger partial charge in [-0.15, -0.1) is 0 Å². The number of dihydropyridines is 1. The summed E-state index contributed by atoms with van der Waals surface area (Å²) in [6.45, 7) is 9.73. The highest BCUT2D eigenvalue weighted by molar-refractivity contribution is 5.96. The van der Waals surface area contributed by atoms with E-state index >= 15 is 0 Å². The van der Waals surface area contributed by atoms with E-state index in [4.69, 9.17) is 10.5 Å².